The monoisotopic (exact) mass is 358 g/mol. The zero-order valence-corrected chi connectivity index (χ0v) is 15.1. The van der Waals surface area contributed by atoms with Gasteiger partial charge in [0.1, 0.15) is 11.6 Å². The van der Waals surface area contributed by atoms with E-state index in [-0.39, 0.29) is 6.03 Å². The largest absolute Gasteiger partial charge is 0.419 e. The molecule has 3 aromatic rings. The molecule has 0 saturated carbocycles. The smallest absolute Gasteiger partial charge is 0.408 e. The molecule has 0 aliphatic rings. The Balaban J connectivity index is 1.52. The van der Waals surface area contributed by atoms with Gasteiger partial charge in [0.15, 0.2) is 5.58 Å². The summed E-state index contributed by atoms with van der Waals surface area (Å²) in [5, 5.41) is 9.81. The van der Waals surface area contributed by atoms with Crippen molar-refractivity contribution >= 4 is 22.8 Å². The van der Waals surface area contributed by atoms with Crippen LogP contribution in [0.4, 0.5) is 10.5 Å². The number of aromatic nitrogens is 4. The van der Waals surface area contributed by atoms with Crippen molar-refractivity contribution in [3.8, 4) is 0 Å². The highest BCUT2D eigenvalue weighted by Crippen LogP contribution is 2.18. The number of carbonyl (C=O) groups excluding carboxylic acids is 1. The predicted octanol–water partition coefficient (Wildman–Crippen LogP) is 2.03. The van der Waals surface area contributed by atoms with Gasteiger partial charge in [-0.1, -0.05) is 0 Å². The highest BCUT2D eigenvalue weighted by molar-refractivity contribution is 5.91. The second-order valence-electron chi connectivity index (χ2n) is 5.96. The Morgan fingerprint density at radius 2 is 2.12 bits per heavy atom. The van der Waals surface area contributed by atoms with E-state index >= 15 is 0 Å². The van der Waals surface area contributed by atoms with E-state index < -0.39 is 5.76 Å². The van der Waals surface area contributed by atoms with Gasteiger partial charge >= 0.3 is 11.8 Å². The first-order chi connectivity index (χ1) is 12.5. The van der Waals surface area contributed by atoms with Crippen LogP contribution in [0.5, 0.6) is 0 Å². The van der Waals surface area contributed by atoms with Crippen molar-refractivity contribution < 1.29 is 9.21 Å². The molecule has 2 aromatic heterocycles. The summed E-state index contributed by atoms with van der Waals surface area (Å²) < 4.78 is 8.55. The van der Waals surface area contributed by atoms with Crippen molar-refractivity contribution in [2.45, 2.75) is 40.3 Å². The van der Waals surface area contributed by atoms with E-state index in [1.807, 2.05) is 25.5 Å². The Labute approximate surface area is 150 Å². The second kappa shape index (κ2) is 7.42. The van der Waals surface area contributed by atoms with Crippen molar-refractivity contribution in [2.75, 3.05) is 11.9 Å². The number of amides is 2. The first-order valence-electron chi connectivity index (χ1n) is 8.54. The fourth-order valence-corrected chi connectivity index (χ4v) is 2.82. The van der Waals surface area contributed by atoms with Crippen molar-refractivity contribution in [2.24, 2.45) is 0 Å². The molecule has 2 amide bonds. The molecule has 9 nitrogen and oxygen atoms in total. The molecule has 0 saturated heterocycles. The summed E-state index contributed by atoms with van der Waals surface area (Å²) >= 11 is 0. The quantitative estimate of drug-likeness (QED) is 0.656. The highest BCUT2D eigenvalue weighted by atomic mass is 16.4. The lowest BCUT2D eigenvalue weighted by molar-refractivity contribution is 0.251. The van der Waals surface area contributed by atoms with Gasteiger partial charge in [-0.05, 0) is 39.3 Å². The Bertz CT molecular complexity index is 984. The molecule has 0 bridgehead atoms. The average molecular weight is 358 g/mol. The number of hydrogen-bond acceptors (Lipinski definition) is 5. The van der Waals surface area contributed by atoms with Crippen LogP contribution in [0, 0.1) is 13.8 Å². The van der Waals surface area contributed by atoms with Gasteiger partial charge in [0.2, 0.25) is 0 Å². The van der Waals surface area contributed by atoms with Gasteiger partial charge in [-0.15, -0.1) is 0 Å². The van der Waals surface area contributed by atoms with E-state index in [0.29, 0.717) is 36.4 Å². The van der Waals surface area contributed by atoms with Gasteiger partial charge in [-0.3, -0.25) is 9.25 Å². The maximum atomic E-state index is 12.0. The van der Waals surface area contributed by atoms with Crippen molar-refractivity contribution in [1.82, 2.24) is 24.6 Å². The third-order valence-corrected chi connectivity index (χ3v) is 4.04. The Morgan fingerprint density at radius 3 is 2.81 bits per heavy atom. The Kier molecular flexibility index (Phi) is 5.06. The van der Waals surface area contributed by atoms with Crippen LogP contribution < -0.4 is 16.4 Å². The van der Waals surface area contributed by atoms with Crippen LogP contribution in [0.2, 0.25) is 0 Å². The minimum absolute atomic E-state index is 0.312. The lowest BCUT2D eigenvalue weighted by Crippen LogP contribution is -2.30. The molecule has 0 aliphatic carbocycles. The number of anilines is 1. The molecule has 0 spiro atoms. The average Bonchev–Trinajstić information content (AvgIpc) is 3.08. The lowest BCUT2D eigenvalue weighted by atomic mass is 10.3. The summed E-state index contributed by atoms with van der Waals surface area (Å²) in [6.07, 6.45) is 0.740. The third kappa shape index (κ3) is 3.76. The maximum absolute atomic E-state index is 12.0. The van der Waals surface area contributed by atoms with E-state index in [2.05, 4.69) is 20.7 Å². The number of benzene rings is 1. The van der Waals surface area contributed by atoms with Gasteiger partial charge < -0.3 is 15.1 Å². The van der Waals surface area contributed by atoms with Crippen molar-refractivity contribution in [1.29, 1.82) is 0 Å². The minimum Gasteiger partial charge on any atom is -0.408 e. The predicted molar refractivity (Wildman–Crippen MR) is 97.3 cm³/mol. The third-order valence-electron chi connectivity index (χ3n) is 4.04. The van der Waals surface area contributed by atoms with Gasteiger partial charge in [0.05, 0.1) is 5.52 Å². The van der Waals surface area contributed by atoms with E-state index in [4.69, 9.17) is 4.42 Å². The molecular weight excluding hydrogens is 336 g/mol. The number of aryl methyl sites for hydroxylation is 4. The highest BCUT2D eigenvalue weighted by Gasteiger charge is 2.09. The molecule has 0 radical (unpaired) electrons. The number of fused-ring (bicyclic) bond motifs is 1. The van der Waals surface area contributed by atoms with E-state index in [1.54, 1.807) is 18.2 Å². The van der Waals surface area contributed by atoms with Crippen LogP contribution in [0.25, 0.3) is 11.1 Å². The molecule has 9 heteroatoms. The van der Waals surface area contributed by atoms with Gasteiger partial charge in [-0.2, -0.15) is 5.10 Å². The van der Waals surface area contributed by atoms with Gasteiger partial charge in [-0.25, -0.2) is 14.6 Å². The molecule has 2 N–H and O–H groups in total. The van der Waals surface area contributed by atoms with Crippen LogP contribution in [-0.4, -0.2) is 31.9 Å². The summed E-state index contributed by atoms with van der Waals surface area (Å²) in [4.78, 5) is 27.9. The molecule has 2 heterocycles. The molecule has 138 valence electrons. The first-order valence-corrected chi connectivity index (χ1v) is 8.54. The summed E-state index contributed by atoms with van der Waals surface area (Å²) in [7, 11) is 0. The summed E-state index contributed by atoms with van der Waals surface area (Å²) in [5.41, 5.74) is 1.73. The second-order valence-corrected chi connectivity index (χ2v) is 5.96. The van der Waals surface area contributed by atoms with Crippen LogP contribution in [0.3, 0.4) is 0 Å². The van der Waals surface area contributed by atoms with Crippen LogP contribution in [0.1, 0.15) is 25.0 Å². The molecule has 0 unspecified atom stereocenters. The zero-order valence-electron chi connectivity index (χ0n) is 15.1. The standard InChI is InChI=1S/C17H22N6O3/c1-4-22-14-7-6-13(10-15(14)26-17(22)25)20-16(24)18-8-5-9-23-12(3)19-11(2)21-23/h6-7,10H,4-5,8-9H2,1-3H3,(H2,18,20,24). The topological polar surface area (TPSA) is 107 Å². The molecular formula is C17H22N6O3. The lowest BCUT2D eigenvalue weighted by Gasteiger charge is -2.08. The normalized spacial score (nSPS) is 11.0. The van der Waals surface area contributed by atoms with E-state index in [9.17, 15) is 9.59 Å². The number of carbonyl (C=O) groups is 1. The molecule has 3 rings (SSSR count). The number of rotatable bonds is 6. The number of nitrogens with one attached hydrogen (secondary N) is 2. The summed E-state index contributed by atoms with van der Waals surface area (Å²) in [5.74, 6) is 1.20. The van der Waals surface area contributed by atoms with Crippen LogP contribution >= 0.6 is 0 Å². The maximum Gasteiger partial charge on any atom is 0.419 e. The van der Waals surface area contributed by atoms with Crippen LogP contribution in [0.15, 0.2) is 27.4 Å². The number of oxazole rings is 1. The fraction of sp³-hybridized carbons (Fsp3) is 0.412. The summed E-state index contributed by atoms with van der Waals surface area (Å²) in [6.45, 7) is 7.35. The van der Waals surface area contributed by atoms with Crippen molar-refractivity contribution in [3.05, 3.63) is 40.4 Å². The first kappa shape index (κ1) is 17.7. The number of urea groups is 1. The SMILES string of the molecule is CCn1c(=O)oc2cc(NC(=O)NCCCn3nc(C)nc3C)ccc21. The zero-order chi connectivity index (χ0) is 18.7. The Morgan fingerprint density at radius 1 is 1.31 bits per heavy atom. The molecule has 0 fully saturated rings. The summed E-state index contributed by atoms with van der Waals surface area (Å²) in [6, 6.07) is 4.83. The molecule has 26 heavy (non-hydrogen) atoms. The number of nitrogens with zero attached hydrogens (tertiary/aromatic N) is 4. The van der Waals surface area contributed by atoms with Crippen LogP contribution in [-0.2, 0) is 13.1 Å². The van der Waals surface area contributed by atoms with Gasteiger partial charge in [0, 0.05) is 31.4 Å². The fourth-order valence-electron chi connectivity index (χ4n) is 2.82. The van der Waals surface area contributed by atoms with Crippen molar-refractivity contribution in [3.63, 3.8) is 0 Å². The Hall–Kier alpha value is -3.10. The van der Waals surface area contributed by atoms with E-state index in [0.717, 1.165) is 18.1 Å². The minimum atomic E-state index is -0.400. The van der Waals surface area contributed by atoms with Gasteiger partial charge in [0.25, 0.3) is 0 Å². The molecule has 1 aromatic carbocycles. The van der Waals surface area contributed by atoms with E-state index in [1.165, 1.54) is 4.57 Å². The number of hydrogen-bond donors (Lipinski definition) is 2. The molecule has 0 aliphatic heterocycles. The molecule has 0 atom stereocenters.